The van der Waals surface area contributed by atoms with Gasteiger partial charge >= 0.3 is 0 Å². The van der Waals surface area contributed by atoms with Crippen LogP contribution in [-0.4, -0.2) is 18.2 Å². The van der Waals surface area contributed by atoms with Crippen molar-refractivity contribution in [3.63, 3.8) is 0 Å². The monoisotopic (exact) mass is 315 g/mol. The summed E-state index contributed by atoms with van der Waals surface area (Å²) in [7, 11) is 0. The maximum atomic E-state index is 12.2. The number of hydrogen-bond acceptors (Lipinski definition) is 2. The van der Waals surface area contributed by atoms with Crippen LogP contribution < -0.4 is 5.32 Å². The fourth-order valence-electron chi connectivity index (χ4n) is 3.34. The summed E-state index contributed by atoms with van der Waals surface area (Å²) in [6.07, 6.45) is 4.71. The topological polar surface area (TPSA) is 46.2 Å². The number of ketones is 1. The van der Waals surface area contributed by atoms with Gasteiger partial charge in [-0.1, -0.05) is 32.9 Å². The molecule has 0 saturated heterocycles. The molecule has 0 aromatic heterocycles. The molecule has 0 bridgehead atoms. The van der Waals surface area contributed by atoms with Gasteiger partial charge in [-0.05, 0) is 55.2 Å². The predicted molar refractivity (Wildman–Crippen MR) is 93.6 cm³/mol. The third-order valence-electron chi connectivity index (χ3n) is 5.04. The van der Waals surface area contributed by atoms with E-state index in [1.807, 2.05) is 31.2 Å². The molecule has 1 fully saturated rings. The lowest BCUT2D eigenvalue weighted by Gasteiger charge is -2.27. The van der Waals surface area contributed by atoms with E-state index in [4.69, 9.17) is 0 Å². The molecule has 0 spiro atoms. The summed E-state index contributed by atoms with van der Waals surface area (Å²) in [6, 6.07) is 7.87. The summed E-state index contributed by atoms with van der Waals surface area (Å²) in [5.74, 6) is 1.66. The molecule has 1 aromatic carbocycles. The first-order chi connectivity index (χ1) is 11.0. The molecule has 1 amide bonds. The molecule has 2 rings (SSSR count). The zero-order chi connectivity index (χ0) is 16.8. The largest absolute Gasteiger partial charge is 0.352 e. The fourth-order valence-corrected chi connectivity index (χ4v) is 3.34. The van der Waals surface area contributed by atoms with E-state index < -0.39 is 0 Å². The van der Waals surface area contributed by atoms with E-state index in [0.717, 1.165) is 37.8 Å². The number of Topliss-reactive ketones (excluding diaryl/α,β-unsaturated/α-hetero) is 1. The molecule has 23 heavy (non-hydrogen) atoms. The summed E-state index contributed by atoms with van der Waals surface area (Å²) in [5, 5.41) is 3.05. The van der Waals surface area contributed by atoms with Gasteiger partial charge in [0.2, 0.25) is 0 Å². The molecule has 0 heterocycles. The standard InChI is InChI=1S/C20H29NO2/c1-4-19(22)17-7-5-15(6-8-17)13-21-20(23)18-11-9-16(10-12-18)14(2)3/h9-12,14-15,17H,4-8,13H2,1-3H3,(H,21,23)/t15-,17-. The smallest absolute Gasteiger partial charge is 0.251 e. The van der Waals surface area contributed by atoms with Gasteiger partial charge in [-0.15, -0.1) is 0 Å². The first kappa shape index (κ1) is 17.7. The second-order valence-electron chi connectivity index (χ2n) is 7.02. The van der Waals surface area contributed by atoms with Crippen molar-refractivity contribution >= 4 is 11.7 Å². The van der Waals surface area contributed by atoms with Crippen LogP contribution >= 0.6 is 0 Å². The van der Waals surface area contributed by atoms with Crippen LogP contribution in [0.1, 0.15) is 74.7 Å². The van der Waals surface area contributed by atoms with Crippen molar-refractivity contribution in [2.75, 3.05) is 6.54 Å². The zero-order valence-electron chi connectivity index (χ0n) is 14.6. The Morgan fingerprint density at radius 3 is 2.22 bits per heavy atom. The minimum atomic E-state index is 0.00654. The molecule has 3 nitrogen and oxygen atoms in total. The molecule has 1 aliphatic carbocycles. The third kappa shape index (κ3) is 4.92. The number of carbonyl (C=O) groups excluding carboxylic acids is 2. The van der Waals surface area contributed by atoms with Gasteiger partial charge in [-0.2, -0.15) is 0 Å². The zero-order valence-corrected chi connectivity index (χ0v) is 14.6. The molecule has 0 atom stereocenters. The number of rotatable bonds is 6. The van der Waals surface area contributed by atoms with Crippen LogP contribution in [0.25, 0.3) is 0 Å². The van der Waals surface area contributed by atoms with Crippen molar-refractivity contribution < 1.29 is 9.59 Å². The fraction of sp³-hybridized carbons (Fsp3) is 0.600. The van der Waals surface area contributed by atoms with E-state index >= 15 is 0 Å². The SMILES string of the molecule is CCC(=O)[C@H]1CC[C@H](CNC(=O)c2ccc(C(C)C)cc2)CC1. The maximum absolute atomic E-state index is 12.2. The van der Waals surface area contributed by atoms with Gasteiger partial charge < -0.3 is 5.32 Å². The average molecular weight is 315 g/mol. The molecule has 0 aliphatic heterocycles. The van der Waals surface area contributed by atoms with E-state index in [0.29, 0.717) is 24.0 Å². The minimum Gasteiger partial charge on any atom is -0.352 e. The summed E-state index contributed by atoms with van der Waals surface area (Å²) in [4.78, 5) is 24.0. The Labute approximate surface area is 139 Å². The van der Waals surface area contributed by atoms with Crippen molar-refractivity contribution in [1.29, 1.82) is 0 Å². The summed E-state index contributed by atoms with van der Waals surface area (Å²) in [6.45, 7) is 6.96. The van der Waals surface area contributed by atoms with Crippen molar-refractivity contribution in [3.05, 3.63) is 35.4 Å². The molecular formula is C20H29NO2. The molecule has 1 aliphatic rings. The van der Waals surface area contributed by atoms with Crippen LogP contribution in [0.15, 0.2) is 24.3 Å². The Balaban J connectivity index is 1.78. The summed E-state index contributed by atoms with van der Waals surface area (Å²) in [5.41, 5.74) is 1.98. The lowest BCUT2D eigenvalue weighted by molar-refractivity contribution is -0.123. The van der Waals surface area contributed by atoms with Gasteiger partial charge in [-0.25, -0.2) is 0 Å². The Kier molecular flexibility index (Phi) is 6.37. The molecule has 1 N–H and O–H groups in total. The number of benzene rings is 1. The highest BCUT2D eigenvalue weighted by Gasteiger charge is 2.25. The molecular weight excluding hydrogens is 286 g/mol. The normalized spacial score (nSPS) is 21.2. The van der Waals surface area contributed by atoms with E-state index in [1.54, 1.807) is 0 Å². The Morgan fingerprint density at radius 2 is 1.70 bits per heavy atom. The molecule has 1 aromatic rings. The summed E-state index contributed by atoms with van der Waals surface area (Å²) < 4.78 is 0. The Hall–Kier alpha value is -1.64. The third-order valence-corrected chi connectivity index (χ3v) is 5.04. The van der Waals surface area contributed by atoms with E-state index in [2.05, 4.69) is 19.2 Å². The minimum absolute atomic E-state index is 0.00654. The molecule has 0 radical (unpaired) electrons. The quantitative estimate of drug-likeness (QED) is 0.849. The van der Waals surface area contributed by atoms with Crippen molar-refractivity contribution in [2.45, 2.75) is 58.8 Å². The Bertz CT molecular complexity index is 525. The highest BCUT2D eigenvalue weighted by atomic mass is 16.1. The van der Waals surface area contributed by atoms with E-state index in [9.17, 15) is 9.59 Å². The lowest BCUT2D eigenvalue weighted by Crippen LogP contribution is -2.32. The van der Waals surface area contributed by atoms with Crippen LogP contribution in [0, 0.1) is 11.8 Å². The Morgan fingerprint density at radius 1 is 1.09 bits per heavy atom. The first-order valence-electron chi connectivity index (χ1n) is 8.92. The molecule has 0 unspecified atom stereocenters. The average Bonchev–Trinajstić information content (AvgIpc) is 2.59. The number of nitrogens with one attached hydrogen (secondary N) is 1. The molecule has 1 saturated carbocycles. The van der Waals surface area contributed by atoms with Crippen LogP contribution in [0.4, 0.5) is 0 Å². The van der Waals surface area contributed by atoms with Gasteiger partial charge in [-0.3, -0.25) is 9.59 Å². The molecule has 126 valence electrons. The van der Waals surface area contributed by atoms with Gasteiger partial charge in [0.25, 0.3) is 5.91 Å². The van der Waals surface area contributed by atoms with Crippen molar-refractivity contribution in [1.82, 2.24) is 5.32 Å². The number of amides is 1. The highest BCUT2D eigenvalue weighted by Crippen LogP contribution is 2.29. The van der Waals surface area contributed by atoms with Gasteiger partial charge in [0, 0.05) is 24.4 Å². The van der Waals surface area contributed by atoms with E-state index in [-0.39, 0.29) is 11.8 Å². The van der Waals surface area contributed by atoms with Gasteiger partial charge in [0.15, 0.2) is 0 Å². The molecule has 3 heteroatoms. The summed E-state index contributed by atoms with van der Waals surface area (Å²) >= 11 is 0. The second-order valence-corrected chi connectivity index (χ2v) is 7.02. The van der Waals surface area contributed by atoms with E-state index in [1.165, 1.54) is 5.56 Å². The number of carbonyl (C=O) groups is 2. The van der Waals surface area contributed by atoms with Crippen molar-refractivity contribution in [3.8, 4) is 0 Å². The lowest BCUT2D eigenvalue weighted by atomic mass is 9.79. The highest BCUT2D eigenvalue weighted by molar-refractivity contribution is 5.94. The van der Waals surface area contributed by atoms with Gasteiger partial charge in [0.1, 0.15) is 5.78 Å². The van der Waals surface area contributed by atoms with Crippen molar-refractivity contribution in [2.24, 2.45) is 11.8 Å². The van der Waals surface area contributed by atoms with Crippen LogP contribution in [-0.2, 0) is 4.79 Å². The van der Waals surface area contributed by atoms with Gasteiger partial charge in [0.05, 0.1) is 0 Å². The maximum Gasteiger partial charge on any atom is 0.251 e. The number of hydrogen-bond donors (Lipinski definition) is 1. The van der Waals surface area contributed by atoms with Crippen LogP contribution in [0.2, 0.25) is 0 Å². The predicted octanol–water partition coefficient (Wildman–Crippen LogP) is 4.33. The van der Waals surface area contributed by atoms with Crippen LogP contribution in [0.5, 0.6) is 0 Å². The first-order valence-corrected chi connectivity index (χ1v) is 8.92. The second kappa shape index (κ2) is 8.28. The van der Waals surface area contributed by atoms with Crippen LogP contribution in [0.3, 0.4) is 0 Å².